The maximum atomic E-state index is 14.9. The molecule has 182 valence electrons. The van der Waals surface area contributed by atoms with Gasteiger partial charge in [0, 0.05) is 13.0 Å². The Labute approximate surface area is 199 Å². The van der Waals surface area contributed by atoms with Crippen LogP contribution in [0.1, 0.15) is 56.9 Å². The average molecular weight is 470 g/mol. The van der Waals surface area contributed by atoms with Crippen molar-refractivity contribution >= 4 is 11.8 Å². The minimum absolute atomic E-state index is 0.0300. The number of anilines is 1. The van der Waals surface area contributed by atoms with Crippen LogP contribution in [0.15, 0.2) is 30.6 Å². The Morgan fingerprint density at radius 3 is 2.56 bits per heavy atom. The molecule has 0 bridgehead atoms. The number of carbonyl (C=O) groups excluding carboxylic acids is 1. The average Bonchev–Trinajstić information content (AvgIpc) is 3.77. The third-order valence-corrected chi connectivity index (χ3v) is 6.74. The van der Waals surface area contributed by atoms with E-state index in [1.807, 2.05) is 36.1 Å². The molecule has 0 radical (unpaired) electrons. The predicted octanol–water partition coefficient (Wildman–Crippen LogP) is 4.51. The molecule has 7 nitrogen and oxygen atoms in total. The maximum absolute atomic E-state index is 14.9. The summed E-state index contributed by atoms with van der Waals surface area (Å²) in [6.45, 7) is 4.29. The molecular weight excluding hydrogens is 437 g/mol. The molecule has 0 unspecified atom stereocenters. The van der Waals surface area contributed by atoms with E-state index in [0.717, 1.165) is 30.6 Å². The second-order valence-electron chi connectivity index (χ2n) is 9.85. The third kappa shape index (κ3) is 5.96. The van der Waals surface area contributed by atoms with Crippen molar-refractivity contribution in [1.29, 1.82) is 0 Å². The van der Waals surface area contributed by atoms with E-state index in [4.69, 9.17) is 14.2 Å². The molecule has 34 heavy (non-hydrogen) atoms. The van der Waals surface area contributed by atoms with Gasteiger partial charge in [0.1, 0.15) is 18.2 Å². The second-order valence-corrected chi connectivity index (χ2v) is 9.85. The molecule has 1 saturated heterocycles. The Morgan fingerprint density at radius 1 is 1.09 bits per heavy atom. The number of hydrogen-bond donors (Lipinski definition) is 0. The van der Waals surface area contributed by atoms with Crippen molar-refractivity contribution in [3.63, 3.8) is 0 Å². The third-order valence-electron chi connectivity index (χ3n) is 6.74. The molecule has 3 fully saturated rings. The number of hydrogen-bond acceptors (Lipinski definition) is 7. The van der Waals surface area contributed by atoms with Gasteiger partial charge in [0.05, 0.1) is 26.2 Å². The molecule has 0 N–H and O–H groups in total. The predicted molar refractivity (Wildman–Crippen MR) is 125 cm³/mol. The maximum Gasteiger partial charge on any atom is 0.306 e. The van der Waals surface area contributed by atoms with E-state index in [2.05, 4.69) is 9.97 Å². The smallest absolute Gasteiger partial charge is 0.306 e. The SMILES string of the molecule is C[C@H](CC(=O)OCC1CC1)c1ccc(O[C@@H]2CCN(c3ncnc(OCC4CC4)c3F)C2)cc1. The highest BCUT2D eigenvalue weighted by molar-refractivity contribution is 5.70. The van der Waals surface area contributed by atoms with Crippen molar-refractivity contribution in [2.45, 2.75) is 57.5 Å². The molecular formula is C26H32FN3O4. The van der Waals surface area contributed by atoms with E-state index in [1.54, 1.807) is 0 Å². The number of rotatable bonds is 11. The summed E-state index contributed by atoms with van der Waals surface area (Å²) in [5.74, 6) is 1.61. The summed E-state index contributed by atoms with van der Waals surface area (Å²) in [5, 5.41) is 0. The lowest BCUT2D eigenvalue weighted by atomic mass is 9.98. The number of ether oxygens (including phenoxy) is 3. The fraction of sp³-hybridized carbons (Fsp3) is 0.577. The van der Waals surface area contributed by atoms with Crippen LogP contribution in [-0.2, 0) is 9.53 Å². The van der Waals surface area contributed by atoms with Crippen LogP contribution in [0.3, 0.4) is 0 Å². The first kappa shape index (κ1) is 22.9. The number of esters is 1. The standard InChI is InChI=1S/C26H32FN3O4/c1-17(12-23(31)32-14-18-2-3-18)20-6-8-21(9-7-20)34-22-10-11-30(13-22)25-24(27)26(29-16-28-25)33-15-19-4-5-19/h6-9,16-19,22H,2-5,10-15H2,1H3/t17-,22-/m1/s1. The molecule has 2 aromatic rings. The zero-order chi connectivity index (χ0) is 23.5. The normalized spacial score (nSPS) is 20.8. The van der Waals surface area contributed by atoms with Gasteiger partial charge in [-0.25, -0.2) is 4.98 Å². The summed E-state index contributed by atoms with van der Waals surface area (Å²) in [7, 11) is 0. The quantitative estimate of drug-likeness (QED) is 0.448. The highest BCUT2D eigenvalue weighted by Gasteiger charge is 2.29. The lowest BCUT2D eigenvalue weighted by molar-refractivity contribution is -0.144. The zero-order valence-corrected chi connectivity index (χ0v) is 19.6. The van der Waals surface area contributed by atoms with Gasteiger partial charge in [0.25, 0.3) is 5.88 Å². The van der Waals surface area contributed by atoms with Gasteiger partial charge in [0.2, 0.25) is 5.82 Å². The van der Waals surface area contributed by atoms with E-state index < -0.39 is 5.82 Å². The molecule has 1 aromatic carbocycles. The highest BCUT2D eigenvalue weighted by Crippen LogP contribution is 2.32. The van der Waals surface area contributed by atoms with E-state index in [0.29, 0.717) is 44.6 Å². The number of nitrogens with zero attached hydrogens (tertiary/aromatic N) is 3. The van der Waals surface area contributed by atoms with Crippen molar-refractivity contribution in [3.8, 4) is 11.6 Å². The molecule has 2 heterocycles. The molecule has 2 atom stereocenters. The van der Waals surface area contributed by atoms with E-state index in [1.165, 1.54) is 19.2 Å². The first-order chi connectivity index (χ1) is 16.5. The van der Waals surface area contributed by atoms with Crippen LogP contribution < -0.4 is 14.4 Å². The first-order valence-corrected chi connectivity index (χ1v) is 12.4. The van der Waals surface area contributed by atoms with E-state index >= 15 is 0 Å². The van der Waals surface area contributed by atoms with Gasteiger partial charge in [-0.05, 0) is 61.1 Å². The largest absolute Gasteiger partial charge is 0.489 e. The summed E-state index contributed by atoms with van der Waals surface area (Å²) in [6, 6.07) is 7.85. The topological polar surface area (TPSA) is 73.8 Å². The Kier molecular flexibility index (Phi) is 6.83. The molecule has 3 aliphatic rings. The van der Waals surface area contributed by atoms with Gasteiger partial charge >= 0.3 is 5.97 Å². The Balaban J connectivity index is 1.11. The van der Waals surface area contributed by atoms with Gasteiger partial charge in [-0.3, -0.25) is 4.79 Å². The van der Waals surface area contributed by atoms with Crippen molar-refractivity contribution in [1.82, 2.24) is 9.97 Å². The van der Waals surface area contributed by atoms with Gasteiger partial charge in [-0.2, -0.15) is 9.37 Å². The first-order valence-electron chi connectivity index (χ1n) is 12.4. The van der Waals surface area contributed by atoms with E-state index in [9.17, 15) is 9.18 Å². The Bertz CT molecular complexity index is 994. The van der Waals surface area contributed by atoms with Crippen LogP contribution in [0.25, 0.3) is 0 Å². The van der Waals surface area contributed by atoms with Crippen molar-refractivity contribution in [3.05, 3.63) is 42.0 Å². The van der Waals surface area contributed by atoms with Crippen LogP contribution in [-0.4, -0.2) is 48.3 Å². The van der Waals surface area contributed by atoms with Crippen LogP contribution >= 0.6 is 0 Å². The monoisotopic (exact) mass is 469 g/mol. The molecule has 8 heteroatoms. The van der Waals surface area contributed by atoms with Crippen molar-refractivity contribution in [2.24, 2.45) is 11.8 Å². The number of carbonyl (C=O) groups is 1. The second kappa shape index (κ2) is 10.2. The molecule has 2 aliphatic carbocycles. The number of benzene rings is 1. The van der Waals surface area contributed by atoms with Gasteiger partial charge in [-0.15, -0.1) is 0 Å². The summed E-state index contributed by atoms with van der Waals surface area (Å²) in [6.07, 6.45) is 7.06. The lowest BCUT2D eigenvalue weighted by Crippen LogP contribution is -2.26. The van der Waals surface area contributed by atoms with E-state index in [-0.39, 0.29) is 29.7 Å². The van der Waals surface area contributed by atoms with Crippen LogP contribution in [0.2, 0.25) is 0 Å². The molecule has 2 saturated carbocycles. The summed E-state index contributed by atoms with van der Waals surface area (Å²) >= 11 is 0. The fourth-order valence-electron chi connectivity index (χ4n) is 4.15. The Morgan fingerprint density at radius 2 is 1.82 bits per heavy atom. The van der Waals surface area contributed by atoms with Crippen molar-refractivity contribution in [2.75, 3.05) is 31.2 Å². The lowest BCUT2D eigenvalue weighted by Gasteiger charge is -2.19. The Hall–Kier alpha value is -2.90. The number of aromatic nitrogens is 2. The summed E-state index contributed by atoms with van der Waals surface area (Å²) < 4.78 is 31.9. The molecule has 0 amide bonds. The van der Waals surface area contributed by atoms with Crippen LogP contribution in [0.5, 0.6) is 11.6 Å². The number of halogens is 1. The van der Waals surface area contributed by atoms with Gasteiger partial charge < -0.3 is 19.1 Å². The van der Waals surface area contributed by atoms with Crippen LogP contribution in [0, 0.1) is 17.7 Å². The zero-order valence-electron chi connectivity index (χ0n) is 19.6. The molecule has 0 spiro atoms. The highest BCUT2D eigenvalue weighted by atomic mass is 19.1. The molecule has 1 aliphatic heterocycles. The summed E-state index contributed by atoms with van der Waals surface area (Å²) in [4.78, 5) is 22.0. The van der Waals surface area contributed by atoms with Crippen molar-refractivity contribution < 1.29 is 23.4 Å². The minimum Gasteiger partial charge on any atom is -0.489 e. The fourth-order valence-corrected chi connectivity index (χ4v) is 4.15. The van der Waals surface area contributed by atoms with Crippen LogP contribution in [0.4, 0.5) is 10.2 Å². The summed E-state index contributed by atoms with van der Waals surface area (Å²) in [5.41, 5.74) is 1.07. The minimum atomic E-state index is -0.502. The molecule has 5 rings (SSSR count). The molecule has 1 aromatic heterocycles. The van der Waals surface area contributed by atoms with Gasteiger partial charge in [-0.1, -0.05) is 19.1 Å². The van der Waals surface area contributed by atoms with Gasteiger partial charge in [0.15, 0.2) is 5.82 Å².